The second-order valence-electron chi connectivity index (χ2n) is 11.4. The second kappa shape index (κ2) is 14.6. The van der Waals surface area contributed by atoms with Gasteiger partial charge in [-0.25, -0.2) is 0 Å². The topological polar surface area (TPSA) is 151 Å². The number of carbonyl (C=O) groups excluding carboxylic acids is 1. The van der Waals surface area contributed by atoms with Crippen LogP contribution in [0.3, 0.4) is 0 Å². The van der Waals surface area contributed by atoms with Crippen molar-refractivity contribution in [1.29, 1.82) is 0 Å². The summed E-state index contributed by atoms with van der Waals surface area (Å²) in [6, 6.07) is 19.1. The van der Waals surface area contributed by atoms with Crippen LogP contribution in [0.15, 0.2) is 78.2 Å². The number of hydrogen-bond donors (Lipinski definition) is 2. The van der Waals surface area contributed by atoms with Crippen LogP contribution in [0.25, 0.3) is 27.4 Å². The summed E-state index contributed by atoms with van der Waals surface area (Å²) in [5.74, 6) is 1.05. The van der Waals surface area contributed by atoms with Crippen molar-refractivity contribution in [3.63, 3.8) is 0 Å². The first kappa shape index (κ1) is 35.2. The molecule has 0 saturated heterocycles. The number of aromatic nitrogens is 1. The number of hydrogen-bond acceptors (Lipinski definition) is 9. The molecule has 1 atom stereocenters. The third-order valence-electron chi connectivity index (χ3n) is 8.12. The van der Waals surface area contributed by atoms with Gasteiger partial charge >= 0.3 is 0 Å². The molecule has 1 unspecified atom stereocenters. The normalized spacial score (nSPS) is 15.1. The molecule has 0 saturated carbocycles. The van der Waals surface area contributed by atoms with E-state index >= 15 is 0 Å². The zero-order chi connectivity index (χ0) is 34.6. The van der Waals surface area contributed by atoms with E-state index in [2.05, 4.69) is 0 Å². The molecule has 0 spiro atoms. The lowest BCUT2D eigenvalue weighted by Crippen LogP contribution is -2.36. The van der Waals surface area contributed by atoms with Gasteiger partial charge in [0, 0.05) is 25.1 Å². The molecule has 0 amide bonds. The zero-order valence-electron chi connectivity index (χ0n) is 26.7. The maximum Gasteiger partial charge on any atom is 0.267 e. The van der Waals surface area contributed by atoms with E-state index in [0.29, 0.717) is 35.7 Å². The maximum absolute atomic E-state index is 11.9. The Balaban J connectivity index is 1.58. The molecule has 0 bridgehead atoms. The number of fused-ring (bicyclic) bond motifs is 2. The van der Waals surface area contributed by atoms with Gasteiger partial charge in [-0.2, -0.15) is 21.4 Å². The molecular formula is C34H37N2O9S3+. The number of rotatable bonds is 14. The average Bonchev–Trinajstić information content (AvgIpc) is 3.57. The highest BCUT2D eigenvalue weighted by atomic mass is 32.2. The number of aldehydes is 1. The van der Waals surface area contributed by atoms with Crippen molar-refractivity contribution in [1.82, 2.24) is 0 Å². The van der Waals surface area contributed by atoms with Gasteiger partial charge in [0.15, 0.2) is 18.6 Å². The molecule has 1 aromatic heterocycles. The minimum absolute atomic E-state index is 0.144. The molecule has 2 N–H and O–H groups in total. The first-order chi connectivity index (χ1) is 22.8. The predicted octanol–water partition coefficient (Wildman–Crippen LogP) is 6.16. The molecule has 1 aliphatic rings. The first-order valence-electron chi connectivity index (χ1n) is 15.3. The fourth-order valence-electron chi connectivity index (χ4n) is 5.43. The fraction of sp³-hybridized carbons (Fsp3) is 0.294. The lowest BCUT2D eigenvalue weighted by Gasteiger charge is -2.20. The highest BCUT2D eigenvalue weighted by Crippen LogP contribution is 2.42. The van der Waals surface area contributed by atoms with Gasteiger partial charge in [-0.15, -0.1) is 0 Å². The lowest BCUT2D eigenvalue weighted by molar-refractivity contribution is -0.668. The van der Waals surface area contributed by atoms with Gasteiger partial charge in [0.05, 0.1) is 35.4 Å². The van der Waals surface area contributed by atoms with E-state index in [1.807, 2.05) is 77.1 Å². The Labute approximate surface area is 284 Å². The van der Waals surface area contributed by atoms with E-state index < -0.39 is 31.2 Å². The highest BCUT2D eigenvalue weighted by Gasteiger charge is 2.29. The van der Waals surface area contributed by atoms with Gasteiger partial charge in [0.2, 0.25) is 11.4 Å². The Hall–Kier alpha value is -4.08. The standard InChI is InChI=1S/C34H36N2O9S3/c1-4-24(18-34-36(14-8-16-47(38,39)40)29-21-31(44-3)27(22-37)20-32(29)46-34)17-33-35(15-13-23(2)48(41,42)43)28-19-26(11-12-30(28)45-33)25-9-6-5-7-10-25/h5-7,9-12,17-23H,4,8,13-16H2,1-3H3,(H-,38,39,40,41,42,43)/p+1. The molecule has 4 aromatic rings. The van der Waals surface area contributed by atoms with Crippen molar-refractivity contribution in [2.75, 3.05) is 24.3 Å². The number of methoxy groups -OCH3 is 1. The van der Waals surface area contributed by atoms with Crippen LogP contribution in [0.4, 0.5) is 5.69 Å². The number of nitrogens with zero attached hydrogens (tertiary/aromatic N) is 2. The van der Waals surface area contributed by atoms with E-state index in [9.17, 15) is 30.7 Å². The Morgan fingerprint density at radius 3 is 2.46 bits per heavy atom. The number of carbonyl (C=O) groups is 1. The van der Waals surface area contributed by atoms with Gasteiger partial charge < -0.3 is 14.4 Å². The van der Waals surface area contributed by atoms with Crippen LogP contribution in [0, 0.1) is 0 Å². The van der Waals surface area contributed by atoms with Crippen LogP contribution in [-0.4, -0.2) is 56.9 Å². The van der Waals surface area contributed by atoms with E-state index in [4.69, 9.17) is 9.47 Å². The SMILES string of the molecule is CCC(=Cc1sc2cc(C=O)c(OC)cc2[n+]1CCCS(=O)(=O)O)C=C1Oc2ccc(-c3ccccc3)cc2N1CCC(C)S(=O)(=O)O. The van der Waals surface area contributed by atoms with Crippen LogP contribution in [-0.2, 0) is 26.8 Å². The largest absolute Gasteiger partial charge is 0.496 e. The summed E-state index contributed by atoms with van der Waals surface area (Å²) in [7, 11) is -6.93. The second-order valence-corrected chi connectivity index (χ2v) is 15.9. The first-order valence-corrected chi connectivity index (χ1v) is 19.2. The van der Waals surface area contributed by atoms with Crippen LogP contribution >= 0.6 is 11.3 Å². The van der Waals surface area contributed by atoms with E-state index in [1.54, 1.807) is 12.1 Å². The molecule has 2 heterocycles. The Bertz CT molecular complexity index is 2110. The number of allylic oxidation sites excluding steroid dienone is 2. The summed E-state index contributed by atoms with van der Waals surface area (Å²) < 4.78 is 80.1. The summed E-state index contributed by atoms with van der Waals surface area (Å²) in [6.07, 6.45) is 5.43. The number of aryl methyl sites for hydroxylation is 1. The van der Waals surface area contributed by atoms with E-state index in [1.165, 1.54) is 25.4 Å². The monoisotopic (exact) mass is 713 g/mol. The van der Waals surface area contributed by atoms with Crippen molar-refractivity contribution in [2.24, 2.45) is 0 Å². The molecule has 5 rings (SSSR count). The number of thiazole rings is 1. The van der Waals surface area contributed by atoms with Crippen LogP contribution in [0.5, 0.6) is 11.5 Å². The Morgan fingerprint density at radius 2 is 1.81 bits per heavy atom. The van der Waals surface area contributed by atoms with Gasteiger partial charge in [0.1, 0.15) is 10.4 Å². The van der Waals surface area contributed by atoms with E-state index in [-0.39, 0.29) is 25.9 Å². The molecule has 0 radical (unpaired) electrons. The Morgan fingerprint density at radius 1 is 1.06 bits per heavy atom. The van der Waals surface area contributed by atoms with Crippen LogP contribution < -0.4 is 18.9 Å². The van der Waals surface area contributed by atoms with Gasteiger partial charge in [-0.1, -0.05) is 54.7 Å². The fourth-order valence-corrected chi connectivity index (χ4v) is 7.52. The number of benzene rings is 3. The van der Waals surface area contributed by atoms with Crippen molar-refractivity contribution in [3.05, 3.63) is 88.8 Å². The van der Waals surface area contributed by atoms with E-state index in [0.717, 1.165) is 37.6 Å². The number of anilines is 1. The van der Waals surface area contributed by atoms with Gasteiger partial charge in [0.25, 0.3) is 25.2 Å². The highest BCUT2D eigenvalue weighted by molar-refractivity contribution is 7.86. The van der Waals surface area contributed by atoms with Crippen molar-refractivity contribution in [3.8, 4) is 22.6 Å². The van der Waals surface area contributed by atoms with Crippen molar-refractivity contribution >= 4 is 59.8 Å². The van der Waals surface area contributed by atoms with Crippen molar-refractivity contribution in [2.45, 2.75) is 44.9 Å². The maximum atomic E-state index is 11.9. The molecule has 0 aliphatic carbocycles. The summed E-state index contributed by atoms with van der Waals surface area (Å²) in [5, 5.41) is -0.220. The molecule has 14 heteroatoms. The number of ether oxygens (including phenoxy) is 2. The van der Waals surface area contributed by atoms with Crippen molar-refractivity contribution < 1.29 is 44.8 Å². The lowest BCUT2D eigenvalue weighted by atomic mass is 10.0. The average molecular weight is 714 g/mol. The molecular weight excluding hydrogens is 677 g/mol. The van der Waals surface area contributed by atoms with Gasteiger partial charge in [-0.05, 0) is 54.7 Å². The minimum atomic E-state index is -4.24. The van der Waals surface area contributed by atoms with Crippen LogP contribution in [0.2, 0.25) is 0 Å². The Kier molecular flexibility index (Phi) is 10.7. The summed E-state index contributed by atoms with van der Waals surface area (Å²) >= 11 is 1.42. The quantitative estimate of drug-likeness (QED) is 0.0884. The molecule has 1 aliphatic heterocycles. The molecule has 11 nitrogen and oxygen atoms in total. The van der Waals surface area contributed by atoms with Gasteiger partial charge in [-0.3, -0.25) is 13.9 Å². The zero-order valence-corrected chi connectivity index (χ0v) is 29.1. The summed E-state index contributed by atoms with van der Waals surface area (Å²) in [5.41, 5.74) is 4.70. The smallest absolute Gasteiger partial charge is 0.267 e. The molecule has 0 fully saturated rings. The van der Waals surface area contributed by atoms with Crippen LogP contribution in [0.1, 0.15) is 48.5 Å². The molecule has 3 aromatic carbocycles. The third kappa shape index (κ3) is 8.13. The summed E-state index contributed by atoms with van der Waals surface area (Å²) in [4.78, 5) is 13.6. The molecule has 254 valence electrons. The predicted molar refractivity (Wildman–Crippen MR) is 187 cm³/mol. The minimum Gasteiger partial charge on any atom is -0.496 e. The third-order valence-corrected chi connectivity index (χ3v) is 11.3. The molecule has 48 heavy (non-hydrogen) atoms. The summed E-state index contributed by atoms with van der Waals surface area (Å²) in [6.45, 7) is 3.96.